The fourth-order valence-corrected chi connectivity index (χ4v) is 2.60. The van der Waals surface area contributed by atoms with Crippen molar-refractivity contribution in [1.29, 1.82) is 0 Å². The predicted octanol–water partition coefficient (Wildman–Crippen LogP) is 3.32. The van der Waals surface area contributed by atoms with Gasteiger partial charge in [-0.15, -0.1) is 0 Å². The summed E-state index contributed by atoms with van der Waals surface area (Å²) in [5.41, 5.74) is 13.6. The van der Waals surface area contributed by atoms with Gasteiger partial charge in [-0.05, 0) is 80.6 Å². The average molecular weight is 342 g/mol. The van der Waals surface area contributed by atoms with E-state index in [2.05, 4.69) is 24.3 Å². The number of rotatable bonds is 12. The zero-order valence-corrected chi connectivity index (χ0v) is 15.0. The van der Waals surface area contributed by atoms with Gasteiger partial charge in [0, 0.05) is 0 Å². The lowest BCUT2D eigenvalue weighted by Gasteiger charge is -2.08. The van der Waals surface area contributed by atoms with Crippen LogP contribution in [0.15, 0.2) is 48.5 Å². The summed E-state index contributed by atoms with van der Waals surface area (Å²) in [5, 5.41) is 0. The fraction of sp³-hybridized carbons (Fsp3) is 0.429. The normalized spacial score (nSPS) is 10.6. The molecule has 0 aliphatic carbocycles. The first kappa shape index (κ1) is 19.3. The maximum Gasteiger partial charge on any atom is 0.119 e. The minimum atomic E-state index is 0.681. The Kier molecular flexibility index (Phi) is 8.87. The van der Waals surface area contributed by atoms with Crippen LogP contribution >= 0.6 is 0 Å². The van der Waals surface area contributed by atoms with Crippen LogP contribution in [0.1, 0.15) is 30.4 Å². The topological polar surface area (TPSA) is 70.5 Å². The Morgan fingerprint density at radius 3 is 1.32 bits per heavy atom. The molecule has 0 saturated carbocycles. The number of ether oxygens (including phenoxy) is 2. The Bertz CT molecular complexity index is 528. The number of hydrogen-bond donors (Lipinski definition) is 2. The van der Waals surface area contributed by atoms with Gasteiger partial charge in [-0.1, -0.05) is 24.3 Å². The van der Waals surface area contributed by atoms with Gasteiger partial charge in [0.1, 0.15) is 11.5 Å². The molecular weight excluding hydrogens is 312 g/mol. The molecule has 4 N–H and O–H groups in total. The lowest BCUT2D eigenvalue weighted by Crippen LogP contribution is -2.03. The van der Waals surface area contributed by atoms with Crippen LogP contribution in [0.3, 0.4) is 0 Å². The van der Waals surface area contributed by atoms with Crippen LogP contribution in [0.5, 0.6) is 11.5 Å². The van der Waals surface area contributed by atoms with Gasteiger partial charge in [-0.3, -0.25) is 0 Å². The summed E-state index contributed by atoms with van der Waals surface area (Å²) in [6.07, 6.45) is 4.98. The van der Waals surface area contributed by atoms with Crippen molar-refractivity contribution in [3.63, 3.8) is 0 Å². The van der Waals surface area contributed by atoms with Crippen molar-refractivity contribution >= 4 is 0 Å². The maximum absolute atomic E-state index is 5.76. The molecule has 0 aromatic heterocycles. The van der Waals surface area contributed by atoms with Crippen molar-refractivity contribution in [2.75, 3.05) is 26.3 Å². The smallest absolute Gasteiger partial charge is 0.119 e. The SMILES string of the molecule is NCCc1ccc(OCCCCCOc2ccc(CCN)cc2)cc1. The molecule has 4 nitrogen and oxygen atoms in total. The summed E-state index contributed by atoms with van der Waals surface area (Å²) in [6.45, 7) is 2.84. The highest BCUT2D eigenvalue weighted by Gasteiger charge is 1.98. The average Bonchev–Trinajstić information content (AvgIpc) is 2.64. The van der Waals surface area contributed by atoms with E-state index >= 15 is 0 Å². The molecule has 0 heterocycles. The highest BCUT2D eigenvalue weighted by atomic mass is 16.5. The first-order valence-corrected chi connectivity index (χ1v) is 9.15. The molecule has 0 aliphatic rings. The third-order valence-corrected chi connectivity index (χ3v) is 4.04. The second-order valence-electron chi connectivity index (χ2n) is 6.12. The van der Waals surface area contributed by atoms with E-state index in [0.29, 0.717) is 13.1 Å². The first-order valence-electron chi connectivity index (χ1n) is 9.15. The Morgan fingerprint density at radius 2 is 0.960 bits per heavy atom. The molecule has 0 bridgehead atoms. The molecule has 0 saturated heterocycles. The van der Waals surface area contributed by atoms with Gasteiger partial charge in [-0.25, -0.2) is 0 Å². The third-order valence-electron chi connectivity index (χ3n) is 4.04. The van der Waals surface area contributed by atoms with E-state index in [9.17, 15) is 0 Å². The monoisotopic (exact) mass is 342 g/mol. The highest BCUT2D eigenvalue weighted by molar-refractivity contribution is 5.28. The summed E-state index contributed by atoms with van der Waals surface area (Å²) >= 11 is 0. The van der Waals surface area contributed by atoms with Gasteiger partial charge >= 0.3 is 0 Å². The molecular formula is C21H30N2O2. The summed E-state index contributed by atoms with van der Waals surface area (Å²) < 4.78 is 11.5. The van der Waals surface area contributed by atoms with Gasteiger partial charge in [0.15, 0.2) is 0 Å². The zero-order chi connectivity index (χ0) is 17.7. The minimum Gasteiger partial charge on any atom is -0.494 e. The van der Waals surface area contributed by atoms with Crippen molar-refractivity contribution in [2.24, 2.45) is 11.5 Å². The van der Waals surface area contributed by atoms with Gasteiger partial charge < -0.3 is 20.9 Å². The van der Waals surface area contributed by atoms with Crippen molar-refractivity contribution < 1.29 is 9.47 Å². The number of benzene rings is 2. The quantitative estimate of drug-likeness (QED) is 0.581. The fourth-order valence-electron chi connectivity index (χ4n) is 2.60. The molecule has 25 heavy (non-hydrogen) atoms. The molecule has 0 fully saturated rings. The third kappa shape index (κ3) is 7.59. The van der Waals surface area contributed by atoms with Crippen molar-refractivity contribution in [3.05, 3.63) is 59.7 Å². The van der Waals surface area contributed by atoms with E-state index < -0.39 is 0 Å². The summed E-state index contributed by atoms with van der Waals surface area (Å²) in [7, 11) is 0. The molecule has 0 radical (unpaired) electrons. The molecule has 0 amide bonds. The van der Waals surface area contributed by atoms with E-state index in [4.69, 9.17) is 20.9 Å². The van der Waals surface area contributed by atoms with E-state index in [1.54, 1.807) is 0 Å². The van der Waals surface area contributed by atoms with Gasteiger partial charge in [0.05, 0.1) is 13.2 Å². The molecule has 2 aromatic carbocycles. The predicted molar refractivity (Wildman–Crippen MR) is 103 cm³/mol. The van der Waals surface area contributed by atoms with E-state index in [0.717, 1.165) is 56.8 Å². The molecule has 2 rings (SSSR count). The molecule has 0 unspecified atom stereocenters. The molecule has 136 valence electrons. The lowest BCUT2D eigenvalue weighted by molar-refractivity contribution is 0.279. The molecule has 0 atom stereocenters. The number of unbranched alkanes of at least 4 members (excludes halogenated alkanes) is 2. The Hall–Kier alpha value is -2.04. The van der Waals surface area contributed by atoms with Crippen LogP contribution in [0.2, 0.25) is 0 Å². The summed E-state index contributed by atoms with van der Waals surface area (Å²) in [6, 6.07) is 16.4. The van der Waals surface area contributed by atoms with Crippen molar-refractivity contribution in [3.8, 4) is 11.5 Å². The van der Waals surface area contributed by atoms with Crippen LogP contribution in [0, 0.1) is 0 Å². The molecule has 2 aromatic rings. The lowest BCUT2D eigenvalue weighted by atomic mass is 10.1. The van der Waals surface area contributed by atoms with Crippen LogP contribution in [0.4, 0.5) is 0 Å². The second kappa shape index (κ2) is 11.5. The van der Waals surface area contributed by atoms with Gasteiger partial charge in [0.25, 0.3) is 0 Å². The first-order chi connectivity index (χ1) is 12.3. The van der Waals surface area contributed by atoms with E-state index in [1.807, 2.05) is 24.3 Å². The van der Waals surface area contributed by atoms with Crippen LogP contribution in [0.25, 0.3) is 0 Å². The standard InChI is InChI=1S/C21H30N2O2/c22-14-12-18-4-8-20(9-5-18)24-16-2-1-3-17-25-21-10-6-19(7-11-21)13-15-23/h4-11H,1-3,12-17,22-23H2. The molecule has 0 aliphatic heterocycles. The minimum absolute atomic E-state index is 0.681. The largest absolute Gasteiger partial charge is 0.494 e. The molecule has 4 heteroatoms. The van der Waals surface area contributed by atoms with Gasteiger partial charge in [0.2, 0.25) is 0 Å². The van der Waals surface area contributed by atoms with Crippen LogP contribution < -0.4 is 20.9 Å². The summed E-state index contributed by atoms with van der Waals surface area (Å²) in [4.78, 5) is 0. The van der Waals surface area contributed by atoms with Crippen LogP contribution in [-0.4, -0.2) is 26.3 Å². The highest BCUT2D eigenvalue weighted by Crippen LogP contribution is 2.14. The van der Waals surface area contributed by atoms with Crippen molar-refractivity contribution in [1.82, 2.24) is 0 Å². The Morgan fingerprint density at radius 1 is 0.560 bits per heavy atom. The molecule has 0 spiro atoms. The van der Waals surface area contributed by atoms with E-state index in [-0.39, 0.29) is 0 Å². The maximum atomic E-state index is 5.76. The summed E-state index contributed by atoms with van der Waals surface area (Å²) in [5.74, 6) is 1.85. The zero-order valence-electron chi connectivity index (χ0n) is 15.0. The number of hydrogen-bond acceptors (Lipinski definition) is 4. The van der Waals surface area contributed by atoms with E-state index in [1.165, 1.54) is 11.1 Å². The van der Waals surface area contributed by atoms with Crippen molar-refractivity contribution in [2.45, 2.75) is 32.1 Å². The Labute approximate surface area is 151 Å². The Balaban J connectivity index is 1.53. The number of nitrogens with two attached hydrogens (primary N) is 2. The second-order valence-corrected chi connectivity index (χ2v) is 6.12. The van der Waals surface area contributed by atoms with Crippen LogP contribution in [-0.2, 0) is 12.8 Å². The van der Waals surface area contributed by atoms with Gasteiger partial charge in [-0.2, -0.15) is 0 Å².